The first-order valence-electron chi connectivity index (χ1n) is 24.2. The number of anilines is 3. The predicted octanol–water partition coefficient (Wildman–Crippen LogP) is -6.15. The van der Waals surface area contributed by atoms with Crippen molar-refractivity contribution in [1.29, 1.82) is 0 Å². The van der Waals surface area contributed by atoms with Crippen molar-refractivity contribution in [2.75, 3.05) is 4.90 Å². The molecule has 79 heavy (non-hydrogen) atoms. The fourth-order valence-corrected chi connectivity index (χ4v) is 10.6. The minimum Gasteiger partial charge on any atom is -0.456 e. The number of furan rings is 2. The molecule has 0 saturated carbocycles. The van der Waals surface area contributed by atoms with Crippen molar-refractivity contribution in [3.8, 4) is 44.9 Å². The molecule has 0 N–H and O–H groups in total. The Bertz CT molecular complexity index is 4580. The summed E-state index contributed by atoms with van der Waals surface area (Å²) in [6.45, 7) is 0. The van der Waals surface area contributed by atoms with Crippen molar-refractivity contribution in [2.24, 2.45) is 0 Å². The van der Waals surface area contributed by atoms with E-state index >= 15 is 0 Å². The van der Waals surface area contributed by atoms with Crippen LogP contribution >= 0.6 is 0 Å². The third-order valence-electron chi connectivity index (χ3n) is 14.8. The maximum absolute atomic E-state index is 7.26. The van der Waals surface area contributed by atoms with Gasteiger partial charge in [0, 0.05) is 44.3 Å². The summed E-state index contributed by atoms with van der Waals surface area (Å²) in [7, 11) is 122. The molecule has 0 aliphatic rings. The maximum Gasteiger partial charge on any atom is 0.180 e. The molecule has 3 aromatic heterocycles. The molecule has 5 nitrogen and oxygen atoms in total. The number of hydrogen-bond donors (Lipinski definition) is 0. The van der Waals surface area contributed by atoms with Crippen LogP contribution in [0.15, 0.2) is 112 Å². The van der Waals surface area contributed by atoms with E-state index in [-0.39, 0.29) is 132 Å². The molecular formula is C56H17B18N3O2. The number of hydrogen-bond acceptors (Lipinski definition) is 5. The summed E-state index contributed by atoms with van der Waals surface area (Å²) in [6, 6.07) is 33.0. The van der Waals surface area contributed by atoms with Gasteiger partial charge < -0.3 is 13.7 Å². The smallest absolute Gasteiger partial charge is 0.180 e. The summed E-state index contributed by atoms with van der Waals surface area (Å²) in [4.78, 5) is 11.8. The Labute approximate surface area is 480 Å². The molecule has 0 amide bonds. The van der Waals surface area contributed by atoms with Gasteiger partial charge in [0.05, 0.1) is 0 Å². The molecule has 12 rings (SSSR count). The molecule has 0 spiro atoms. The van der Waals surface area contributed by atoms with Crippen LogP contribution in [0, 0.1) is 0 Å². The van der Waals surface area contributed by atoms with Crippen LogP contribution in [-0.2, 0) is 0 Å². The largest absolute Gasteiger partial charge is 0.456 e. The summed E-state index contributed by atoms with van der Waals surface area (Å²) in [5.74, 6) is 0.323. The van der Waals surface area contributed by atoms with E-state index in [2.05, 4.69) is 6.07 Å². The summed E-state index contributed by atoms with van der Waals surface area (Å²) < 4.78 is 13.1. The van der Waals surface area contributed by atoms with Crippen molar-refractivity contribution in [2.45, 2.75) is 0 Å². The van der Waals surface area contributed by atoms with Gasteiger partial charge in [0.25, 0.3) is 0 Å². The third kappa shape index (κ3) is 7.86. The third-order valence-corrected chi connectivity index (χ3v) is 14.8. The monoisotopic (exact) mass is 961 g/mol. The lowest BCUT2D eigenvalue weighted by Crippen LogP contribution is -2.59. The van der Waals surface area contributed by atoms with Gasteiger partial charge in [-0.25, -0.2) is 9.97 Å². The zero-order valence-corrected chi connectivity index (χ0v) is 41.9. The Morgan fingerprint density at radius 2 is 0.759 bits per heavy atom. The van der Waals surface area contributed by atoms with E-state index in [4.69, 9.17) is 160 Å². The molecule has 0 aliphatic heterocycles. The van der Waals surface area contributed by atoms with Gasteiger partial charge in [-0.15, -0.1) is 32.8 Å². The first-order valence-corrected chi connectivity index (χ1v) is 24.2. The van der Waals surface area contributed by atoms with Gasteiger partial charge in [0.2, 0.25) is 0 Å². The number of nitrogens with zero attached hydrogens (tertiary/aromatic N) is 3. The van der Waals surface area contributed by atoms with Gasteiger partial charge in [-0.05, 0) is 69.4 Å². The van der Waals surface area contributed by atoms with E-state index in [1.54, 1.807) is 6.07 Å². The molecule has 0 atom stereocenters. The highest BCUT2D eigenvalue weighted by Gasteiger charge is 2.31. The minimum atomic E-state index is -0.271. The van der Waals surface area contributed by atoms with Gasteiger partial charge in [-0.3, -0.25) is 0 Å². The lowest BCUT2D eigenvalue weighted by molar-refractivity contribution is 0.667. The van der Waals surface area contributed by atoms with Gasteiger partial charge >= 0.3 is 0 Å². The molecule has 23 heteroatoms. The van der Waals surface area contributed by atoms with Crippen LogP contribution in [0.2, 0.25) is 0 Å². The van der Waals surface area contributed by atoms with E-state index in [1.165, 1.54) is 4.90 Å². The van der Waals surface area contributed by atoms with E-state index in [0.717, 1.165) is 27.1 Å². The van der Waals surface area contributed by atoms with E-state index in [1.807, 2.05) is 91.0 Å². The lowest BCUT2D eigenvalue weighted by atomic mass is 9.56. The highest BCUT2D eigenvalue weighted by molar-refractivity contribution is 6.73. The van der Waals surface area contributed by atoms with Crippen molar-refractivity contribution in [3.63, 3.8) is 0 Å². The van der Waals surface area contributed by atoms with Crippen LogP contribution in [0.5, 0.6) is 0 Å². The minimum absolute atomic E-state index is 0.00158. The van der Waals surface area contributed by atoms with Crippen LogP contribution in [0.3, 0.4) is 0 Å². The van der Waals surface area contributed by atoms with Crippen molar-refractivity contribution >= 4 is 311 Å². The number of fused-ring (bicyclic) bond motifs is 7. The Kier molecular flexibility index (Phi) is 12.9. The zero-order valence-electron chi connectivity index (χ0n) is 41.9. The molecule has 36 radical (unpaired) electrons. The summed E-state index contributed by atoms with van der Waals surface area (Å²) in [5, 5.41) is 4.31. The lowest BCUT2D eigenvalue weighted by Gasteiger charge is -2.40. The molecule has 12 aromatic rings. The standard InChI is InChI=1S/C56H17B18N3O2/c57-32-28(21-16-24(29-22-9-3-5-11-25(22)78-27(29)17-21)56-75-50(20-14-13-18-7-1-2-8-19(18)15-20)55-51(76-56)23-10-4-6-12-26(23)79-55)33(58)45(70)52(44(32)69)77(54-48(73)42(67)41(66)43(68)49(54)74)53-46(71)36(61)31(37(62)47(53)72)30-34(59)38(63)40(65)39(64)35(30)60/h1-17H. The van der Waals surface area contributed by atoms with Crippen LogP contribution in [0.25, 0.3) is 99.7 Å². The maximum atomic E-state index is 7.26. The van der Waals surface area contributed by atoms with Gasteiger partial charge in [0.1, 0.15) is 169 Å². The molecule has 3 heterocycles. The Balaban J connectivity index is 1.13. The van der Waals surface area contributed by atoms with Gasteiger partial charge in [-0.1, -0.05) is 132 Å². The SMILES string of the molecule is [B]c1c([B])c([B])c(-c2c([B])c([B])c(N(c3c([B])c([B])c([B])c([B])c3[B])c3c([B])c([B])c(-c4cc(-c5nc(-c6ccc7ccccc7c6)c6oc7ccccc7c6n5)c5c(c4)oc4ccccc45)c([B])c3[B])c([B])c2[B])c([B])c1[B]. The molecular weight excluding hydrogens is 941 g/mol. The fraction of sp³-hybridized carbons (Fsp3) is 0. The van der Waals surface area contributed by atoms with Gasteiger partial charge in [-0.2, -0.15) is 0 Å². The zero-order chi connectivity index (χ0) is 55.9. The summed E-state index contributed by atoms with van der Waals surface area (Å²) in [5.41, 5.74) is 1.65. The summed E-state index contributed by atoms with van der Waals surface area (Å²) >= 11 is 0. The van der Waals surface area contributed by atoms with Crippen LogP contribution in [0.1, 0.15) is 0 Å². The first kappa shape index (κ1) is 52.6. The molecule has 0 unspecified atom stereocenters. The number of aromatic nitrogens is 2. The fourth-order valence-electron chi connectivity index (χ4n) is 10.6. The number of para-hydroxylation sites is 2. The molecule has 0 fully saturated rings. The van der Waals surface area contributed by atoms with Crippen molar-refractivity contribution in [1.82, 2.24) is 9.97 Å². The average molecular weight is 958 g/mol. The number of rotatable bonds is 7. The predicted molar refractivity (Wildman–Crippen MR) is 348 cm³/mol. The molecule has 0 aliphatic carbocycles. The first-order chi connectivity index (χ1) is 37.7. The van der Waals surface area contributed by atoms with Crippen LogP contribution in [-0.4, -0.2) is 151 Å². The topological polar surface area (TPSA) is 55.3 Å². The van der Waals surface area contributed by atoms with Crippen LogP contribution < -0.4 is 103 Å². The summed E-state index contributed by atoms with van der Waals surface area (Å²) in [6.07, 6.45) is 0. The van der Waals surface area contributed by atoms with Crippen molar-refractivity contribution in [3.05, 3.63) is 103 Å². The second kappa shape index (κ2) is 19.3. The Morgan fingerprint density at radius 1 is 0.329 bits per heavy atom. The van der Waals surface area contributed by atoms with Crippen molar-refractivity contribution < 1.29 is 8.83 Å². The Hall–Kier alpha value is -7.11. The van der Waals surface area contributed by atoms with Crippen LogP contribution in [0.4, 0.5) is 17.1 Å². The number of benzene rings is 9. The molecule has 0 bridgehead atoms. The van der Waals surface area contributed by atoms with E-state index in [0.29, 0.717) is 55.9 Å². The second-order valence-corrected chi connectivity index (χ2v) is 19.2. The normalized spacial score (nSPS) is 11.7. The molecule has 9 aromatic carbocycles. The molecule has 322 valence electrons. The van der Waals surface area contributed by atoms with Gasteiger partial charge in [0.15, 0.2) is 11.4 Å². The van der Waals surface area contributed by atoms with E-state index < -0.39 is 0 Å². The second-order valence-electron chi connectivity index (χ2n) is 19.2. The highest BCUT2D eigenvalue weighted by atomic mass is 16.3. The molecule has 0 saturated heterocycles. The average Bonchev–Trinajstić information content (AvgIpc) is 4.24. The quantitative estimate of drug-likeness (QED) is 0.149. The Morgan fingerprint density at radius 3 is 1.32 bits per heavy atom. The highest BCUT2D eigenvalue weighted by Crippen LogP contribution is 2.42. The van der Waals surface area contributed by atoms with E-state index in [9.17, 15) is 0 Å².